The first-order valence-electron chi connectivity index (χ1n) is 6.19. The molecular formula is C15H18O3. The maximum absolute atomic E-state index is 11.2. The van der Waals surface area contributed by atoms with E-state index in [0.717, 1.165) is 24.0 Å². The molecule has 0 atom stereocenters. The number of hydrogen-bond acceptors (Lipinski definition) is 3. The Morgan fingerprint density at radius 2 is 1.89 bits per heavy atom. The number of rotatable bonds is 2. The van der Waals surface area contributed by atoms with Crippen molar-refractivity contribution < 1.29 is 14.6 Å². The average Bonchev–Trinajstić information content (AvgIpc) is 2.42. The molecule has 0 unspecified atom stereocenters. The van der Waals surface area contributed by atoms with Gasteiger partial charge in [-0.15, -0.1) is 0 Å². The van der Waals surface area contributed by atoms with E-state index in [1.165, 1.54) is 7.11 Å². The lowest BCUT2D eigenvalue weighted by molar-refractivity contribution is -0.134. The maximum Gasteiger partial charge on any atom is 0.330 e. The number of ether oxygens (including phenoxy) is 1. The number of hydrogen-bond donors (Lipinski definition) is 1. The molecule has 1 aromatic rings. The Hall–Kier alpha value is -1.61. The van der Waals surface area contributed by atoms with E-state index in [2.05, 4.69) is 4.74 Å². The minimum absolute atomic E-state index is 0.310. The van der Waals surface area contributed by atoms with Gasteiger partial charge < -0.3 is 9.84 Å². The SMILES string of the molecule is COC(=O)C=C1CCC(O)(c2ccccc2)CC1. The van der Waals surface area contributed by atoms with Gasteiger partial charge in [-0.3, -0.25) is 0 Å². The molecule has 1 aliphatic rings. The summed E-state index contributed by atoms with van der Waals surface area (Å²) in [5.74, 6) is -0.310. The van der Waals surface area contributed by atoms with E-state index >= 15 is 0 Å². The van der Waals surface area contributed by atoms with Gasteiger partial charge in [0.2, 0.25) is 0 Å². The lowest BCUT2D eigenvalue weighted by Gasteiger charge is -2.33. The van der Waals surface area contributed by atoms with Crippen LogP contribution in [0.1, 0.15) is 31.2 Å². The van der Waals surface area contributed by atoms with Crippen LogP contribution in [0.4, 0.5) is 0 Å². The highest BCUT2D eigenvalue weighted by molar-refractivity contribution is 5.82. The van der Waals surface area contributed by atoms with Crippen LogP contribution in [-0.2, 0) is 15.1 Å². The molecule has 3 nitrogen and oxygen atoms in total. The summed E-state index contributed by atoms with van der Waals surface area (Å²) in [4.78, 5) is 11.2. The number of carbonyl (C=O) groups excluding carboxylic acids is 1. The second-order valence-corrected chi connectivity index (χ2v) is 4.72. The van der Waals surface area contributed by atoms with Crippen LogP contribution in [-0.4, -0.2) is 18.2 Å². The van der Waals surface area contributed by atoms with Crippen LogP contribution in [0.15, 0.2) is 42.0 Å². The molecule has 96 valence electrons. The van der Waals surface area contributed by atoms with Gasteiger partial charge in [0.05, 0.1) is 12.7 Å². The number of allylic oxidation sites excluding steroid dienone is 1. The first kappa shape index (κ1) is 12.8. The van der Waals surface area contributed by atoms with Gasteiger partial charge in [-0.1, -0.05) is 35.9 Å². The van der Waals surface area contributed by atoms with E-state index in [1.807, 2.05) is 30.3 Å². The number of carbonyl (C=O) groups is 1. The first-order chi connectivity index (χ1) is 8.64. The van der Waals surface area contributed by atoms with Gasteiger partial charge >= 0.3 is 5.97 Å². The van der Waals surface area contributed by atoms with E-state index in [-0.39, 0.29) is 5.97 Å². The van der Waals surface area contributed by atoms with Crippen molar-refractivity contribution in [3.8, 4) is 0 Å². The Morgan fingerprint density at radius 1 is 1.28 bits per heavy atom. The molecule has 1 aliphatic carbocycles. The molecule has 1 N–H and O–H groups in total. The fourth-order valence-corrected chi connectivity index (χ4v) is 2.39. The highest BCUT2D eigenvalue weighted by Crippen LogP contribution is 2.38. The molecule has 0 amide bonds. The van der Waals surface area contributed by atoms with Crippen LogP contribution >= 0.6 is 0 Å². The predicted molar refractivity (Wildman–Crippen MR) is 68.9 cm³/mol. The number of methoxy groups -OCH3 is 1. The van der Waals surface area contributed by atoms with Crippen molar-refractivity contribution in [1.29, 1.82) is 0 Å². The van der Waals surface area contributed by atoms with E-state index in [4.69, 9.17) is 0 Å². The van der Waals surface area contributed by atoms with E-state index in [0.29, 0.717) is 12.8 Å². The van der Waals surface area contributed by atoms with E-state index in [1.54, 1.807) is 6.08 Å². The van der Waals surface area contributed by atoms with Crippen LogP contribution in [0.3, 0.4) is 0 Å². The third-order valence-electron chi connectivity index (χ3n) is 3.55. The molecule has 1 saturated carbocycles. The topological polar surface area (TPSA) is 46.5 Å². The van der Waals surface area contributed by atoms with Crippen LogP contribution < -0.4 is 0 Å². The number of benzene rings is 1. The van der Waals surface area contributed by atoms with Crippen molar-refractivity contribution in [2.24, 2.45) is 0 Å². The number of aliphatic hydroxyl groups is 1. The van der Waals surface area contributed by atoms with Crippen molar-refractivity contribution in [1.82, 2.24) is 0 Å². The molecule has 0 radical (unpaired) electrons. The lowest BCUT2D eigenvalue weighted by Crippen LogP contribution is -2.29. The lowest BCUT2D eigenvalue weighted by atomic mass is 9.77. The zero-order valence-corrected chi connectivity index (χ0v) is 10.6. The zero-order valence-electron chi connectivity index (χ0n) is 10.6. The quantitative estimate of drug-likeness (QED) is 0.644. The second-order valence-electron chi connectivity index (χ2n) is 4.72. The zero-order chi connectivity index (χ0) is 13.0. The Balaban J connectivity index is 2.06. The monoisotopic (exact) mass is 246 g/mol. The Bertz CT molecular complexity index is 438. The third kappa shape index (κ3) is 2.79. The summed E-state index contributed by atoms with van der Waals surface area (Å²) in [6.45, 7) is 0. The second kappa shape index (κ2) is 5.36. The predicted octanol–water partition coefficient (Wildman–Crippen LogP) is 2.55. The molecule has 3 heteroatoms. The molecule has 1 fully saturated rings. The Kier molecular flexibility index (Phi) is 3.82. The van der Waals surface area contributed by atoms with E-state index in [9.17, 15) is 9.90 Å². The highest BCUT2D eigenvalue weighted by atomic mass is 16.5. The standard InChI is InChI=1S/C15H18O3/c1-18-14(16)11-12-7-9-15(17,10-8-12)13-5-3-2-4-6-13/h2-6,11,17H,7-10H2,1H3. The molecule has 1 aromatic carbocycles. The average molecular weight is 246 g/mol. The van der Waals surface area contributed by atoms with Gasteiger partial charge in [-0.2, -0.15) is 0 Å². The summed E-state index contributed by atoms with van der Waals surface area (Å²) in [5.41, 5.74) is 1.26. The van der Waals surface area contributed by atoms with Gasteiger partial charge in [-0.05, 0) is 31.2 Å². The van der Waals surface area contributed by atoms with Crippen LogP contribution in [0.5, 0.6) is 0 Å². The Labute approximate surface area is 107 Å². The molecule has 0 bridgehead atoms. The van der Waals surface area contributed by atoms with Gasteiger partial charge in [0.25, 0.3) is 0 Å². The molecule has 18 heavy (non-hydrogen) atoms. The third-order valence-corrected chi connectivity index (χ3v) is 3.55. The van der Waals surface area contributed by atoms with Gasteiger partial charge in [0, 0.05) is 6.08 Å². The summed E-state index contributed by atoms with van der Waals surface area (Å²) in [7, 11) is 1.38. The van der Waals surface area contributed by atoms with Crippen molar-refractivity contribution >= 4 is 5.97 Å². The molecule has 0 heterocycles. The summed E-state index contributed by atoms with van der Waals surface area (Å²) in [6.07, 6.45) is 4.32. The fraction of sp³-hybridized carbons (Fsp3) is 0.400. The molecule has 0 aromatic heterocycles. The van der Waals surface area contributed by atoms with Gasteiger partial charge in [-0.25, -0.2) is 4.79 Å². The molecular weight excluding hydrogens is 228 g/mol. The maximum atomic E-state index is 11.2. The summed E-state index contributed by atoms with van der Waals surface area (Å²) in [6, 6.07) is 9.72. The number of esters is 1. The van der Waals surface area contributed by atoms with Crippen LogP contribution in [0.25, 0.3) is 0 Å². The largest absolute Gasteiger partial charge is 0.466 e. The van der Waals surface area contributed by atoms with Gasteiger partial charge in [0.15, 0.2) is 0 Å². The summed E-state index contributed by atoms with van der Waals surface area (Å²) in [5, 5.41) is 10.6. The highest BCUT2D eigenvalue weighted by Gasteiger charge is 2.32. The van der Waals surface area contributed by atoms with Crippen molar-refractivity contribution in [2.75, 3.05) is 7.11 Å². The van der Waals surface area contributed by atoms with Crippen molar-refractivity contribution in [2.45, 2.75) is 31.3 Å². The normalized spacial score (nSPS) is 23.6. The molecule has 0 saturated heterocycles. The molecule has 0 aliphatic heterocycles. The Morgan fingerprint density at radius 3 is 2.44 bits per heavy atom. The van der Waals surface area contributed by atoms with Crippen LogP contribution in [0.2, 0.25) is 0 Å². The van der Waals surface area contributed by atoms with Crippen molar-refractivity contribution in [3.05, 3.63) is 47.5 Å². The minimum atomic E-state index is -0.755. The fourth-order valence-electron chi connectivity index (χ4n) is 2.39. The van der Waals surface area contributed by atoms with Gasteiger partial charge in [0.1, 0.15) is 0 Å². The molecule has 2 rings (SSSR count). The summed E-state index contributed by atoms with van der Waals surface area (Å²) >= 11 is 0. The molecule has 0 spiro atoms. The van der Waals surface area contributed by atoms with E-state index < -0.39 is 5.60 Å². The van der Waals surface area contributed by atoms with Crippen LogP contribution in [0, 0.1) is 0 Å². The minimum Gasteiger partial charge on any atom is -0.466 e. The van der Waals surface area contributed by atoms with Crippen molar-refractivity contribution in [3.63, 3.8) is 0 Å². The smallest absolute Gasteiger partial charge is 0.330 e. The first-order valence-corrected chi connectivity index (χ1v) is 6.19. The summed E-state index contributed by atoms with van der Waals surface area (Å²) < 4.78 is 4.61.